The SMILES string of the molecule is CPCCCCCPI. The molecule has 9 heavy (non-hydrogen) atoms. The average Bonchev–Trinajstić information content (AvgIpc) is 1.89. The zero-order valence-corrected chi connectivity index (χ0v) is 10.1. The highest BCUT2D eigenvalue weighted by Gasteiger charge is 1.86. The molecule has 0 nitrogen and oxygen atoms in total. The molecule has 0 N–H and O–H groups in total. The molecular weight excluding hydrogens is 261 g/mol. The smallest absolute Gasteiger partial charge is 0.0263 e. The van der Waals surface area contributed by atoms with Gasteiger partial charge in [0.25, 0.3) is 0 Å². The lowest BCUT2D eigenvalue weighted by atomic mass is 10.3. The van der Waals surface area contributed by atoms with Crippen LogP contribution in [0.4, 0.5) is 0 Å². The maximum absolute atomic E-state index is 2.48. The third-order valence-corrected chi connectivity index (χ3v) is 4.21. The summed E-state index contributed by atoms with van der Waals surface area (Å²) in [6, 6.07) is 0. The fraction of sp³-hybridized carbons (Fsp3) is 1.00. The maximum Gasteiger partial charge on any atom is -0.0263 e. The summed E-state index contributed by atoms with van der Waals surface area (Å²) in [6.45, 7) is 2.29. The van der Waals surface area contributed by atoms with E-state index >= 15 is 0 Å². The first-order valence-electron chi connectivity index (χ1n) is 3.40. The van der Waals surface area contributed by atoms with Crippen molar-refractivity contribution in [1.82, 2.24) is 0 Å². The molecule has 0 bridgehead atoms. The van der Waals surface area contributed by atoms with Gasteiger partial charge in [-0.1, -0.05) is 34.7 Å². The molecule has 0 spiro atoms. The standard InChI is InChI=1S/C6H15IP2/c1-8-5-3-2-4-6-9-7/h8-9H,2-6H2,1H3. The second-order valence-electron chi connectivity index (χ2n) is 2.05. The van der Waals surface area contributed by atoms with Gasteiger partial charge in [0.15, 0.2) is 0 Å². The molecule has 3 heteroatoms. The van der Waals surface area contributed by atoms with Crippen LogP contribution in [-0.4, -0.2) is 19.0 Å². The highest BCUT2D eigenvalue weighted by molar-refractivity contribution is 14.2. The van der Waals surface area contributed by atoms with Crippen molar-refractivity contribution in [2.45, 2.75) is 19.3 Å². The summed E-state index contributed by atoms with van der Waals surface area (Å²) in [5.74, 6) is 0. The van der Waals surface area contributed by atoms with Crippen LogP contribution in [0.3, 0.4) is 0 Å². The van der Waals surface area contributed by atoms with E-state index in [0.717, 1.165) is 6.22 Å². The molecule has 0 aromatic rings. The Bertz CT molecular complexity index is 44.3. The van der Waals surface area contributed by atoms with Gasteiger partial charge in [-0.15, -0.1) is 8.58 Å². The number of rotatable bonds is 6. The van der Waals surface area contributed by atoms with Gasteiger partial charge in [-0.3, -0.25) is 0 Å². The summed E-state index contributed by atoms with van der Waals surface area (Å²) in [5, 5.41) is 0. The summed E-state index contributed by atoms with van der Waals surface area (Å²) in [4.78, 5) is 0. The van der Waals surface area contributed by atoms with E-state index in [1.54, 1.807) is 0 Å². The van der Waals surface area contributed by atoms with Gasteiger partial charge in [0.1, 0.15) is 0 Å². The minimum Gasteiger partial charge on any atom is -0.125 e. The zero-order chi connectivity index (χ0) is 6.95. The van der Waals surface area contributed by atoms with E-state index in [9.17, 15) is 0 Å². The van der Waals surface area contributed by atoms with E-state index in [2.05, 4.69) is 28.7 Å². The Balaban J connectivity index is 2.60. The van der Waals surface area contributed by atoms with Crippen LogP contribution in [0.1, 0.15) is 19.3 Å². The molecule has 2 unspecified atom stereocenters. The summed E-state index contributed by atoms with van der Waals surface area (Å²) >= 11 is 2.48. The van der Waals surface area contributed by atoms with Crippen molar-refractivity contribution in [1.29, 1.82) is 0 Å². The molecule has 2 atom stereocenters. The molecule has 0 radical (unpaired) electrons. The van der Waals surface area contributed by atoms with Crippen LogP contribution in [-0.2, 0) is 0 Å². The molecule has 0 aromatic heterocycles. The molecule has 0 fully saturated rings. The van der Waals surface area contributed by atoms with E-state index in [4.69, 9.17) is 0 Å². The van der Waals surface area contributed by atoms with Gasteiger partial charge in [0.05, 0.1) is 0 Å². The Kier molecular flexibility index (Phi) is 11.3. The van der Waals surface area contributed by atoms with Gasteiger partial charge in [0.2, 0.25) is 0 Å². The molecule has 0 saturated heterocycles. The fourth-order valence-corrected chi connectivity index (χ4v) is 2.80. The van der Waals surface area contributed by atoms with E-state index in [1.165, 1.54) is 40.2 Å². The highest BCUT2D eigenvalue weighted by Crippen LogP contribution is 2.22. The monoisotopic (exact) mass is 276 g/mol. The largest absolute Gasteiger partial charge is 0.125 e. The summed E-state index contributed by atoms with van der Waals surface area (Å²) in [7, 11) is 1.17. The van der Waals surface area contributed by atoms with Crippen LogP contribution in [0.15, 0.2) is 0 Å². The van der Waals surface area contributed by atoms with E-state index in [-0.39, 0.29) is 0 Å². The number of unbranched alkanes of at least 4 members (excludes halogenated alkanes) is 2. The van der Waals surface area contributed by atoms with Gasteiger partial charge in [-0.05, 0) is 31.8 Å². The zero-order valence-electron chi connectivity index (χ0n) is 5.91. The number of hydrogen-bond donors (Lipinski definition) is 0. The first kappa shape index (κ1) is 10.6. The topological polar surface area (TPSA) is 0 Å². The minimum absolute atomic E-state index is 1.14. The van der Waals surface area contributed by atoms with Crippen LogP contribution in [0, 0.1) is 0 Å². The second-order valence-corrected chi connectivity index (χ2v) is 6.31. The van der Waals surface area contributed by atoms with Crippen LogP contribution < -0.4 is 0 Å². The lowest BCUT2D eigenvalue weighted by Gasteiger charge is -1.95. The van der Waals surface area contributed by atoms with Gasteiger partial charge >= 0.3 is 0 Å². The summed E-state index contributed by atoms with van der Waals surface area (Å²) < 4.78 is 0. The first-order valence-corrected chi connectivity index (χ1v) is 9.42. The Morgan fingerprint density at radius 1 is 1.11 bits per heavy atom. The second kappa shape index (κ2) is 9.59. The molecule has 0 aliphatic rings. The van der Waals surface area contributed by atoms with Crippen molar-refractivity contribution in [3.05, 3.63) is 0 Å². The minimum atomic E-state index is 1.14. The normalized spacial score (nSPS) is 12.7. The van der Waals surface area contributed by atoms with Gasteiger partial charge < -0.3 is 0 Å². The lowest BCUT2D eigenvalue weighted by molar-refractivity contribution is 0.784. The molecule has 56 valence electrons. The lowest BCUT2D eigenvalue weighted by Crippen LogP contribution is -1.79. The van der Waals surface area contributed by atoms with Crippen molar-refractivity contribution in [3.8, 4) is 0 Å². The van der Waals surface area contributed by atoms with E-state index < -0.39 is 0 Å². The molecule has 0 rings (SSSR count). The molecular formula is C6H15IP2. The predicted molar refractivity (Wildman–Crippen MR) is 60.2 cm³/mol. The van der Waals surface area contributed by atoms with Crippen molar-refractivity contribution < 1.29 is 0 Å². The Labute approximate surface area is 75.0 Å². The van der Waals surface area contributed by atoms with Gasteiger partial charge in [-0.2, -0.15) is 0 Å². The van der Waals surface area contributed by atoms with Crippen LogP contribution in [0.5, 0.6) is 0 Å². The Morgan fingerprint density at radius 3 is 2.33 bits per heavy atom. The quantitative estimate of drug-likeness (QED) is 0.396. The van der Waals surface area contributed by atoms with E-state index in [0.29, 0.717) is 0 Å². The van der Waals surface area contributed by atoms with E-state index in [1.807, 2.05) is 0 Å². The molecule has 0 aromatic carbocycles. The summed E-state index contributed by atoms with van der Waals surface area (Å²) in [6.07, 6.45) is 8.46. The first-order chi connectivity index (χ1) is 4.41. The number of hydrogen-bond acceptors (Lipinski definition) is 0. The fourth-order valence-electron chi connectivity index (χ4n) is 0.670. The molecule has 0 aliphatic carbocycles. The van der Waals surface area contributed by atoms with Crippen molar-refractivity contribution in [2.75, 3.05) is 19.0 Å². The molecule has 0 saturated carbocycles. The highest BCUT2D eigenvalue weighted by atomic mass is 127. The predicted octanol–water partition coefficient (Wildman–Crippen LogP) is 3.49. The molecule has 0 aliphatic heterocycles. The maximum atomic E-state index is 2.48. The molecule has 0 amide bonds. The van der Waals surface area contributed by atoms with Crippen molar-refractivity contribution in [3.63, 3.8) is 0 Å². The third kappa shape index (κ3) is 9.59. The van der Waals surface area contributed by atoms with Crippen molar-refractivity contribution in [2.24, 2.45) is 0 Å². The van der Waals surface area contributed by atoms with Crippen LogP contribution >= 0.6 is 36.8 Å². The molecule has 0 heterocycles. The Morgan fingerprint density at radius 2 is 1.78 bits per heavy atom. The van der Waals surface area contributed by atoms with Crippen LogP contribution in [0.2, 0.25) is 0 Å². The Hall–Kier alpha value is 1.59. The number of halogens is 1. The summed E-state index contributed by atoms with van der Waals surface area (Å²) in [5.41, 5.74) is 0. The van der Waals surface area contributed by atoms with Crippen LogP contribution in [0.25, 0.3) is 0 Å². The van der Waals surface area contributed by atoms with Gasteiger partial charge in [-0.25, -0.2) is 0 Å². The third-order valence-electron chi connectivity index (χ3n) is 1.20. The average molecular weight is 276 g/mol. The van der Waals surface area contributed by atoms with Crippen molar-refractivity contribution >= 4 is 36.8 Å². The van der Waals surface area contributed by atoms with Gasteiger partial charge in [0, 0.05) is 0 Å².